The number of para-hydroxylation sites is 1. The van der Waals surface area contributed by atoms with Crippen LogP contribution >= 0.6 is 0 Å². The number of amides is 2. The van der Waals surface area contributed by atoms with Crippen LogP contribution in [-0.4, -0.2) is 30.3 Å². The first-order valence-electron chi connectivity index (χ1n) is 6.27. The molecule has 0 spiro atoms. The lowest BCUT2D eigenvalue weighted by Crippen LogP contribution is -2.48. The Morgan fingerprint density at radius 3 is 3.00 bits per heavy atom. The van der Waals surface area contributed by atoms with Crippen molar-refractivity contribution < 1.29 is 9.90 Å². The molecule has 1 fully saturated rings. The molecule has 5 nitrogen and oxygen atoms in total. The molecule has 0 radical (unpaired) electrons. The Morgan fingerprint density at radius 2 is 2.28 bits per heavy atom. The van der Waals surface area contributed by atoms with E-state index in [4.69, 9.17) is 0 Å². The molecule has 5 heteroatoms. The van der Waals surface area contributed by atoms with Gasteiger partial charge < -0.3 is 21.1 Å². The topological polar surface area (TPSA) is 73.4 Å². The maximum absolute atomic E-state index is 11.7. The SMILES string of the molecule is O=C(NCc1ccccc1O)NC1CCCNC1. The van der Waals surface area contributed by atoms with Crippen LogP contribution in [0.4, 0.5) is 4.79 Å². The van der Waals surface area contributed by atoms with E-state index < -0.39 is 0 Å². The zero-order valence-corrected chi connectivity index (χ0v) is 10.3. The highest BCUT2D eigenvalue weighted by atomic mass is 16.3. The minimum Gasteiger partial charge on any atom is -0.508 e. The van der Waals surface area contributed by atoms with Crippen LogP contribution in [-0.2, 0) is 6.54 Å². The monoisotopic (exact) mass is 249 g/mol. The quantitative estimate of drug-likeness (QED) is 0.644. The zero-order chi connectivity index (χ0) is 12.8. The smallest absolute Gasteiger partial charge is 0.315 e. The number of rotatable bonds is 3. The number of phenols is 1. The number of piperidine rings is 1. The average molecular weight is 249 g/mol. The van der Waals surface area contributed by atoms with Gasteiger partial charge in [-0.05, 0) is 25.5 Å². The number of benzene rings is 1. The third kappa shape index (κ3) is 3.63. The standard InChI is InChI=1S/C13H19N3O2/c17-12-6-2-1-4-10(12)8-15-13(18)16-11-5-3-7-14-9-11/h1-2,4,6,11,14,17H,3,5,7-9H2,(H2,15,16,18). The van der Waals surface area contributed by atoms with E-state index in [-0.39, 0.29) is 17.8 Å². The first-order chi connectivity index (χ1) is 8.75. The van der Waals surface area contributed by atoms with Crippen LogP contribution in [0.5, 0.6) is 5.75 Å². The summed E-state index contributed by atoms with van der Waals surface area (Å²) in [4.78, 5) is 11.7. The van der Waals surface area contributed by atoms with Crippen molar-refractivity contribution in [2.45, 2.75) is 25.4 Å². The Morgan fingerprint density at radius 1 is 1.44 bits per heavy atom. The van der Waals surface area contributed by atoms with Gasteiger partial charge in [-0.1, -0.05) is 18.2 Å². The molecule has 1 saturated heterocycles. The third-order valence-electron chi connectivity index (χ3n) is 3.06. The van der Waals surface area contributed by atoms with Crippen molar-refractivity contribution in [3.8, 4) is 5.75 Å². The van der Waals surface area contributed by atoms with Gasteiger partial charge in [-0.15, -0.1) is 0 Å². The van der Waals surface area contributed by atoms with Crippen LogP contribution in [0, 0.1) is 0 Å². The van der Waals surface area contributed by atoms with Crippen molar-refractivity contribution in [1.29, 1.82) is 0 Å². The minimum absolute atomic E-state index is 0.188. The molecule has 2 amide bonds. The Balaban J connectivity index is 1.76. The van der Waals surface area contributed by atoms with E-state index in [1.165, 1.54) is 0 Å². The lowest BCUT2D eigenvalue weighted by atomic mass is 10.1. The normalized spacial score (nSPS) is 19.2. The second-order valence-corrected chi connectivity index (χ2v) is 4.50. The van der Waals surface area contributed by atoms with Gasteiger partial charge >= 0.3 is 6.03 Å². The Labute approximate surface area is 107 Å². The number of carbonyl (C=O) groups excluding carboxylic acids is 1. The molecule has 98 valence electrons. The van der Waals surface area contributed by atoms with Crippen molar-refractivity contribution in [2.75, 3.05) is 13.1 Å². The van der Waals surface area contributed by atoms with E-state index in [2.05, 4.69) is 16.0 Å². The summed E-state index contributed by atoms with van der Waals surface area (Å²) in [7, 11) is 0. The Hall–Kier alpha value is -1.75. The number of urea groups is 1. The largest absolute Gasteiger partial charge is 0.508 e. The fraction of sp³-hybridized carbons (Fsp3) is 0.462. The van der Waals surface area contributed by atoms with Crippen LogP contribution in [0.25, 0.3) is 0 Å². The first kappa shape index (κ1) is 12.7. The molecule has 2 rings (SSSR count). The summed E-state index contributed by atoms with van der Waals surface area (Å²) in [5, 5.41) is 18.5. The molecular formula is C13H19N3O2. The highest BCUT2D eigenvalue weighted by molar-refractivity contribution is 5.74. The second-order valence-electron chi connectivity index (χ2n) is 4.50. The molecule has 0 bridgehead atoms. The van der Waals surface area contributed by atoms with E-state index in [0.29, 0.717) is 6.54 Å². The molecule has 1 aromatic rings. The van der Waals surface area contributed by atoms with Crippen molar-refractivity contribution in [1.82, 2.24) is 16.0 Å². The number of hydrogen-bond acceptors (Lipinski definition) is 3. The predicted molar refractivity (Wildman–Crippen MR) is 69.4 cm³/mol. The summed E-state index contributed by atoms with van der Waals surface area (Å²) in [6.45, 7) is 2.18. The molecule has 18 heavy (non-hydrogen) atoms. The second kappa shape index (κ2) is 6.26. The van der Waals surface area contributed by atoms with Gasteiger partial charge in [-0.2, -0.15) is 0 Å². The predicted octanol–water partition coefficient (Wildman–Crippen LogP) is 0.943. The Kier molecular flexibility index (Phi) is 4.41. The molecule has 0 saturated carbocycles. The summed E-state index contributed by atoms with van der Waals surface area (Å²) in [5.74, 6) is 0.206. The van der Waals surface area contributed by atoms with E-state index >= 15 is 0 Å². The molecular weight excluding hydrogens is 230 g/mol. The molecule has 0 aromatic heterocycles. The van der Waals surface area contributed by atoms with Crippen LogP contribution in [0.1, 0.15) is 18.4 Å². The highest BCUT2D eigenvalue weighted by Gasteiger charge is 2.14. The Bertz CT molecular complexity index is 403. The van der Waals surface area contributed by atoms with Crippen LogP contribution in [0.2, 0.25) is 0 Å². The van der Waals surface area contributed by atoms with E-state index in [1.807, 2.05) is 6.07 Å². The van der Waals surface area contributed by atoms with Gasteiger partial charge in [-0.25, -0.2) is 4.79 Å². The lowest BCUT2D eigenvalue weighted by molar-refractivity contribution is 0.233. The summed E-state index contributed by atoms with van der Waals surface area (Å²) in [6, 6.07) is 7.00. The van der Waals surface area contributed by atoms with E-state index in [9.17, 15) is 9.90 Å². The number of carbonyl (C=O) groups is 1. The summed E-state index contributed by atoms with van der Waals surface area (Å²) >= 11 is 0. The van der Waals surface area contributed by atoms with Crippen molar-refractivity contribution in [2.24, 2.45) is 0 Å². The maximum atomic E-state index is 11.7. The first-order valence-corrected chi connectivity index (χ1v) is 6.27. The third-order valence-corrected chi connectivity index (χ3v) is 3.06. The highest BCUT2D eigenvalue weighted by Crippen LogP contribution is 2.14. The fourth-order valence-electron chi connectivity index (χ4n) is 2.05. The molecule has 1 heterocycles. The van der Waals surface area contributed by atoms with Gasteiger partial charge in [0.2, 0.25) is 0 Å². The lowest BCUT2D eigenvalue weighted by Gasteiger charge is -2.23. The van der Waals surface area contributed by atoms with Gasteiger partial charge in [-0.3, -0.25) is 0 Å². The molecule has 1 aliphatic heterocycles. The fourth-order valence-corrected chi connectivity index (χ4v) is 2.05. The van der Waals surface area contributed by atoms with Crippen molar-refractivity contribution >= 4 is 6.03 Å². The summed E-state index contributed by atoms with van der Waals surface area (Å²) in [6.07, 6.45) is 2.10. The van der Waals surface area contributed by atoms with Gasteiger partial charge in [0.25, 0.3) is 0 Å². The zero-order valence-electron chi connectivity index (χ0n) is 10.3. The molecule has 1 aliphatic rings. The van der Waals surface area contributed by atoms with Gasteiger partial charge in [0, 0.05) is 24.7 Å². The summed E-state index contributed by atoms with van der Waals surface area (Å²) in [5.41, 5.74) is 0.717. The van der Waals surface area contributed by atoms with Gasteiger partial charge in [0.1, 0.15) is 5.75 Å². The number of aromatic hydroxyl groups is 1. The van der Waals surface area contributed by atoms with Crippen molar-refractivity contribution in [3.63, 3.8) is 0 Å². The molecule has 0 aliphatic carbocycles. The summed E-state index contributed by atoms with van der Waals surface area (Å²) < 4.78 is 0. The molecule has 1 atom stereocenters. The van der Waals surface area contributed by atoms with E-state index in [0.717, 1.165) is 31.5 Å². The molecule has 1 aromatic carbocycles. The van der Waals surface area contributed by atoms with Crippen molar-refractivity contribution in [3.05, 3.63) is 29.8 Å². The minimum atomic E-state index is -0.188. The van der Waals surface area contributed by atoms with E-state index in [1.54, 1.807) is 18.2 Å². The van der Waals surface area contributed by atoms with Crippen LogP contribution in [0.15, 0.2) is 24.3 Å². The number of nitrogens with one attached hydrogen (secondary N) is 3. The molecule has 1 unspecified atom stereocenters. The maximum Gasteiger partial charge on any atom is 0.315 e. The average Bonchev–Trinajstić information content (AvgIpc) is 2.39. The number of hydrogen-bond donors (Lipinski definition) is 4. The van der Waals surface area contributed by atoms with Gasteiger partial charge in [0.15, 0.2) is 0 Å². The van der Waals surface area contributed by atoms with Crippen LogP contribution < -0.4 is 16.0 Å². The van der Waals surface area contributed by atoms with Gasteiger partial charge in [0.05, 0.1) is 0 Å². The molecule has 4 N–H and O–H groups in total. The van der Waals surface area contributed by atoms with Crippen LogP contribution in [0.3, 0.4) is 0 Å². The number of phenolic OH excluding ortho intramolecular Hbond substituents is 1.